The zero-order valence-corrected chi connectivity index (χ0v) is 11.2. The van der Waals surface area contributed by atoms with Crippen LogP contribution in [0.3, 0.4) is 0 Å². The Hall–Kier alpha value is -0.800. The van der Waals surface area contributed by atoms with Crippen molar-refractivity contribution >= 4 is 0 Å². The molecule has 0 radical (unpaired) electrons. The van der Waals surface area contributed by atoms with Crippen molar-refractivity contribution in [2.24, 2.45) is 0 Å². The van der Waals surface area contributed by atoms with Gasteiger partial charge >= 0.3 is 0 Å². The summed E-state index contributed by atoms with van der Waals surface area (Å²) in [7, 11) is 0. The van der Waals surface area contributed by atoms with E-state index >= 15 is 0 Å². The highest BCUT2D eigenvalue weighted by Gasteiger charge is 2.40. The van der Waals surface area contributed by atoms with Crippen molar-refractivity contribution in [2.45, 2.75) is 63.1 Å². The standard InChI is InChI=1S/C15H23NO2/c1-12(14-5-4-9-17-14)16-13-6-10-18-15(11-13)7-2-3-8-15/h4-5,9,12-13,16H,2-3,6-8,10-11H2,1H3/t12-,13?/m0/s1. The summed E-state index contributed by atoms with van der Waals surface area (Å²) in [4.78, 5) is 0. The highest BCUT2D eigenvalue weighted by Crippen LogP contribution is 2.40. The largest absolute Gasteiger partial charge is 0.468 e. The minimum absolute atomic E-state index is 0.193. The summed E-state index contributed by atoms with van der Waals surface area (Å²) in [6.45, 7) is 3.08. The number of hydrogen-bond donors (Lipinski definition) is 1. The third-order valence-corrected chi connectivity index (χ3v) is 4.46. The van der Waals surface area contributed by atoms with E-state index < -0.39 is 0 Å². The molecule has 1 N–H and O–H groups in total. The molecule has 3 nitrogen and oxygen atoms in total. The lowest BCUT2D eigenvalue weighted by Crippen LogP contribution is -2.46. The Morgan fingerprint density at radius 3 is 2.94 bits per heavy atom. The zero-order chi connectivity index (χ0) is 12.4. The van der Waals surface area contributed by atoms with E-state index in [0.29, 0.717) is 12.1 Å². The SMILES string of the molecule is C[C@H](NC1CCOC2(CCCC2)C1)c1ccco1. The average Bonchev–Trinajstić information content (AvgIpc) is 3.01. The third-order valence-electron chi connectivity index (χ3n) is 4.46. The number of nitrogens with one attached hydrogen (secondary N) is 1. The first kappa shape index (κ1) is 12.2. The minimum atomic E-state index is 0.193. The van der Waals surface area contributed by atoms with Crippen molar-refractivity contribution in [3.63, 3.8) is 0 Å². The van der Waals surface area contributed by atoms with Gasteiger partial charge in [-0.3, -0.25) is 0 Å². The van der Waals surface area contributed by atoms with Gasteiger partial charge in [-0.05, 0) is 44.7 Å². The molecule has 0 amide bonds. The van der Waals surface area contributed by atoms with Crippen LogP contribution >= 0.6 is 0 Å². The van der Waals surface area contributed by atoms with E-state index in [-0.39, 0.29) is 5.60 Å². The Bertz CT molecular complexity index is 368. The summed E-state index contributed by atoms with van der Waals surface area (Å²) in [5, 5.41) is 3.70. The first-order valence-corrected chi connectivity index (χ1v) is 7.21. The molecule has 2 heterocycles. The molecule has 1 aliphatic carbocycles. The Morgan fingerprint density at radius 2 is 2.22 bits per heavy atom. The summed E-state index contributed by atoms with van der Waals surface area (Å²) in [5.74, 6) is 1.03. The molecule has 2 fully saturated rings. The van der Waals surface area contributed by atoms with Crippen LogP contribution in [-0.4, -0.2) is 18.2 Å². The zero-order valence-electron chi connectivity index (χ0n) is 11.2. The molecule has 1 unspecified atom stereocenters. The van der Waals surface area contributed by atoms with E-state index in [9.17, 15) is 0 Å². The van der Waals surface area contributed by atoms with E-state index in [1.807, 2.05) is 12.1 Å². The van der Waals surface area contributed by atoms with Gasteiger partial charge in [0.05, 0.1) is 17.9 Å². The number of furan rings is 1. The van der Waals surface area contributed by atoms with Gasteiger partial charge in [0.15, 0.2) is 0 Å². The van der Waals surface area contributed by atoms with Gasteiger partial charge < -0.3 is 14.5 Å². The maximum atomic E-state index is 6.07. The monoisotopic (exact) mass is 249 g/mol. The van der Waals surface area contributed by atoms with Gasteiger partial charge in [0.2, 0.25) is 0 Å². The van der Waals surface area contributed by atoms with Crippen molar-refractivity contribution in [1.29, 1.82) is 0 Å². The molecule has 1 aliphatic heterocycles. The fraction of sp³-hybridized carbons (Fsp3) is 0.733. The summed E-state index contributed by atoms with van der Waals surface area (Å²) in [5.41, 5.74) is 0.193. The van der Waals surface area contributed by atoms with Crippen molar-refractivity contribution in [2.75, 3.05) is 6.61 Å². The summed E-state index contributed by atoms with van der Waals surface area (Å²) < 4.78 is 11.5. The Balaban J connectivity index is 1.59. The lowest BCUT2D eigenvalue weighted by Gasteiger charge is -2.39. The average molecular weight is 249 g/mol. The second-order valence-corrected chi connectivity index (χ2v) is 5.83. The molecule has 18 heavy (non-hydrogen) atoms. The van der Waals surface area contributed by atoms with Gasteiger partial charge in [-0.15, -0.1) is 0 Å². The van der Waals surface area contributed by atoms with Crippen LogP contribution in [0.2, 0.25) is 0 Å². The van der Waals surface area contributed by atoms with Crippen LogP contribution in [0.5, 0.6) is 0 Å². The van der Waals surface area contributed by atoms with E-state index in [1.165, 1.54) is 25.7 Å². The van der Waals surface area contributed by atoms with Crippen LogP contribution in [0.15, 0.2) is 22.8 Å². The molecule has 1 saturated carbocycles. The van der Waals surface area contributed by atoms with Crippen molar-refractivity contribution in [3.8, 4) is 0 Å². The third kappa shape index (κ3) is 2.47. The predicted octanol–water partition coefficient (Wildman–Crippen LogP) is 3.42. The smallest absolute Gasteiger partial charge is 0.120 e. The van der Waals surface area contributed by atoms with Crippen molar-refractivity contribution in [1.82, 2.24) is 5.32 Å². The minimum Gasteiger partial charge on any atom is -0.468 e. The van der Waals surface area contributed by atoms with Crippen molar-refractivity contribution < 1.29 is 9.15 Å². The van der Waals surface area contributed by atoms with Gasteiger partial charge in [-0.2, -0.15) is 0 Å². The highest BCUT2D eigenvalue weighted by molar-refractivity contribution is 5.04. The topological polar surface area (TPSA) is 34.4 Å². The molecule has 3 rings (SSSR count). The molecule has 1 aromatic rings. The van der Waals surface area contributed by atoms with Crippen LogP contribution in [0.4, 0.5) is 0 Å². The van der Waals surface area contributed by atoms with Gasteiger partial charge in [-0.25, -0.2) is 0 Å². The quantitative estimate of drug-likeness (QED) is 0.891. The number of rotatable bonds is 3. The molecule has 0 aromatic carbocycles. The number of ether oxygens (including phenoxy) is 1. The lowest BCUT2D eigenvalue weighted by atomic mass is 9.88. The van der Waals surface area contributed by atoms with Gasteiger partial charge in [0.25, 0.3) is 0 Å². The Morgan fingerprint density at radius 1 is 1.39 bits per heavy atom. The molecule has 2 aliphatic rings. The maximum absolute atomic E-state index is 6.07. The molecule has 0 bridgehead atoms. The van der Waals surface area contributed by atoms with Gasteiger partial charge in [0.1, 0.15) is 5.76 Å². The highest BCUT2D eigenvalue weighted by atomic mass is 16.5. The summed E-state index contributed by atoms with van der Waals surface area (Å²) >= 11 is 0. The van der Waals surface area contributed by atoms with Crippen LogP contribution in [0, 0.1) is 0 Å². The normalized spacial score (nSPS) is 28.6. The molecule has 1 aromatic heterocycles. The fourth-order valence-electron chi connectivity index (χ4n) is 3.51. The Kier molecular flexibility index (Phi) is 3.44. The first-order chi connectivity index (χ1) is 8.77. The summed E-state index contributed by atoms with van der Waals surface area (Å²) in [6.07, 6.45) is 9.20. The number of hydrogen-bond acceptors (Lipinski definition) is 3. The van der Waals surface area contributed by atoms with Gasteiger partial charge in [0, 0.05) is 12.6 Å². The van der Waals surface area contributed by atoms with Gasteiger partial charge in [-0.1, -0.05) is 12.8 Å². The molecule has 3 heteroatoms. The second kappa shape index (κ2) is 5.06. The lowest BCUT2D eigenvalue weighted by molar-refractivity contribution is -0.0848. The predicted molar refractivity (Wildman–Crippen MR) is 70.4 cm³/mol. The second-order valence-electron chi connectivity index (χ2n) is 5.83. The van der Waals surface area contributed by atoms with E-state index in [0.717, 1.165) is 25.2 Å². The van der Waals surface area contributed by atoms with E-state index in [1.54, 1.807) is 6.26 Å². The van der Waals surface area contributed by atoms with Crippen LogP contribution in [0.1, 0.15) is 57.3 Å². The first-order valence-electron chi connectivity index (χ1n) is 7.21. The van der Waals surface area contributed by atoms with Crippen molar-refractivity contribution in [3.05, 3.63) is 24.2 Å². The summed E-state index contributed by atoms with van der Waals surface area (Å²) in [6, 6.07) is 4.86. The van der Waals surface area contributed by atoms with Crippen LogP contribution in [-0.2, 0) is 4.74 Å². The molecule has 100 valence electrons. The maximum Gasteiger partial charge on any atom is 0.120 e. The molecule has 2 atom stereocenters. The molecular weight excluding hydrogens is 226 g/mol. The molecular formula is C15H23NO2. The molecule has 1 saturated heterocycles. The molecule has 1 spiro atoms. The Labute approximate surface area is 109 Å². The van der Waals surface area contributed by atoms with E-state index in [4.69, 9.17) is 9.15 Å². The van der Waals surface area contributed by atoms with E-state index in [2.05, 4.69) is 12.2 Å². The van der Waals surface area contributed by atoms with Crippen LogP contribution < -0.4 is 5.32 Å². The van der Waals surface area contributed by atoms with Crippen LogP contribution in [0.25, 0.3) is 0 Å². The fourth-order valence-corrected chi connectivity index (χ4v) is 3.51.